The topological polar surface area (TPSA) is 41.6 Å². The summed E-state index contributed by atoms with van der Waals surface area (Å²) in [5, 5.41) is 9.69. The summed E-state index contributed by atoms with van der Waals surface area (Å²) in [6, 6.07) is 4.09. The van der Waals surface area contributed by atoms with Crippen molar-refractivity contribution in [3.05, 3.63) is 28.2 Å². The Bertz CT molecular complexity index is 417. The lowest BCUT2D eigenvalue weighted by Crippen LogP contribution is -1.73. The normalized spacial score (nSPS) is 11.2. The maximum atomic E-state index is 4.24. The van der Waals surface area contributed by atoms with E-state index in [4.69, 9.17) is 0 Å². The summed E-state index contributed by atoms with van der Waals surface area (Å²) in [4.78, 5) is 5.46. The molecule has 14 heavy (non-hydrogen) atoms. The number of nitrogens with zero attached hydrogens (tertiary/aromatic N) is 2. The Balaban J connectivity index is 2.10. The van der Waals surface area contributed by atoms with E-state index in [0.717, 1.165) is 11.0 Å². The van der Waals surface area contributed by atoms with Crippen molar-refractivity contribution in [2.24, 2.45) is 0 Å². The van der Waals surface area contributed by atoms with Crippen molar-refractivity contribution >= 4 is 35.3 Å². The molecule has 72 valence electrons. The fourth-order valence-electron chi connectivity index (χ4n) is 0.971. The van der Waals surface area contributed by atoms with Crippen LogP contribution in [0.1, 0.15) is 10.7 Å². The molecule has 2 aromatic rings. The largest absolute Gasteiger partial charge is 0.259 e. The Kier molecular flexibility index (Phi) is 3.00. The molecule has 5 heteroatoms. The minimum Gasteiger partial charge on any atom is -0.259 e. The number of aromatic amines is 1. The highest BCUT2D eigenvalue weighted by Gasteiger charge is 1.96. The molecule has 3 nitrogen and oxygen atoms in total. The van der Waals surface area contributed by atoms with Gasteiger partial charge in [0.25, 0.3) is 0 Å². The fourth-order valence-corrected chi connectivity index (χ4v) is 1.92. The lowest BCUT2D eigenvalue weighted by atomic mass is 10.4. The third-order valence-electron chi connectivity index (χ3n) is 1.61. The Morgan fingerprint density at radius 2 is 2.43 bits per heavy atom. The molecule has 0 bridgehead atoms. The first-order valence-electron chi connectivity index (χ1n) is 4.06. The van der Waals surface area contributed by atoms with Crippen molar-refractivity contribution in [3.63, 3.8) is 0 Å². The van der Waals surface area contributed by atoms with Crippen LogP contribution in [0.4, 0.5) is 0 Å². The van der Waals surface area contributed by atoms with Gasteiger partial charge in [0.15, 0.2) is 0 Å². The van der Waals surface area contributed by atoms with Crippen LogP contribution in [-0.4, -0.2) is 21.4 Å². The lowest BCUT2D eigenvalue weighted by Gasteiger charge is -1.82. The molecular weight excluding hydrogens is 214 g/mol. The second kappa shape index (κ2) is 4.43. The number of thioether (sulfide) groups is 1. The molecule has 0 atom stereocenters. The van der Waals surface area contributed by atoms with Crippen LogP contribution in [0, 0.1) is 0 Å². The second-order valence-electron chi connectivity index (χ2n) is 2.56. The standard InChI is InChI=1S/C9H9N3S2/c1-13-9-10-8(11-12-9)5-4-7-3-2-6-14-7/h2-6H,1H3,(H,10,11,12). The summed E-state index contributed by atoms with van der Waals surface area (Å²) in [5.74, 6) is 0.794. The molecule has 0 radical (unpaired) electrons. The van der Waals surface area contributed by atoms with Crippen molar-refractivity contribution in [1.29, 1.82) is 0 Å². The van der Waals surface area contributed by atoms with Gasteiger partial charge in [0, 0.05) is 4.88 Å². The predicted octanol–water partition coefficient (Wildman–Crippen LogP) is 2.76. The smallest absolute Gasteiger partial charge is 0.208 e. The maximum Gasteiger partial charge on any atom is 0.208 e. The Hall–Kier alpha value is -1.07. The van der Waals surface area contributed by atoms with E-state index in [2.05, 4.69) is 21.2 Å². The molecule has 1 N–H and O–H groups in total. The molecule has 2 rings (SSSR count). The van der Waals surface area contributed by atoms with Gasteiger partial charge in [0.1, 0.15) is 5.82 Å². The average molecular weight is 223 g/mol. The van der Waals surface area contributed by atoms with Gasteiger partial charge in [-0.2, -0.15) is 0 Å². The molecule has 0 fully saturated rings. The van der Waals surface area contributed by atoms with Crippen LogP contribution < -0.4 is 0 Å². The number of thiophene rings is 1. The summed E-state index contributed by atoms with van der Waals surface area (Å²) >= 11 is 3.23. The van der Waals surface area contributed by atoms with E-state index in [0.29, 0.717) is 0 Å². The van der Waals surface area contributed by atoms with Crippen LogP contribution in [0.15, 0.2) is 22.7 Å². The molecule has 0 saturated carbocycles. The number of hydrogen-bond donors (Lipinski definition) is 1. The minimum atomic E-state index is 0.774. The molecule has 0 amide bonds. The van der Waals surface area contributed by atoms with Gasteiger partial charge in [-0.1, -0.05) is 17.8 Å². The number of aromatic nitrogens is 3. The van der Waals surface area contributed by atoms with E-state index < -0.39 is 0 Å². The van der Waals surface area contributed by atoms with Gasteiger partial charge < -0.3 is 0 Å². The van der Waals surface area contributed by atoms with Gasteiger partial charge in [-0.3, -0.25) is 5.10 Å². The zero-order valence-corrected chi connectivity index (χ0v) is 9.23. The summed E-state index contributed by atoms with van der Waals surface area (Å²) in [5.41, 5.74) is 0. The third-order valence-corrected chi connectivity index (χ3v) is 3.00. The third kappa shape index (κ3) is 2.24. The van der Waals surface area contributed by atoms with Crippen molar-refractivity contribution in [1.82, 2.24) is 15.2 Å². The van der Waals surface area contributed by atoms with Crippen LogP contribution >= 0.6 is 23.1 Å². The summed E-state index contributed by atoms with van der Waals surface area (Å²) in [6.45, 7) is 0. The van der Waals surface area contributed by atoms with E-state index in [-0.39, 0.29) is 0 Å². The molecule has 0 aliphatic heterocycles. The van der Waals surface area contributed by atoms with Crippen LogP contribution in [0.25, 0.3) is 12.2 Å². The van der Waals surface area contributed by atoms with E-state index in [1.54, 1.807) is 11.3 Å². The SMILES string of the molecule is CSc1n[nH]c(C=Cc2cccs2)n1. The van der Waals surface area contributed by atoms with Crippen molar-refractivity contribution in [2.45, 2.75) is 5.16 Å². The van der Waals surface area contributed by atoms with Crippen LogP contribution in [0.5, 0.6) is 0 Å². The highest BCUT2D eigenvalue weighted by molar-refractivity contribution is 7.98. The Morgan fingerprint density at radius 1 is 1.50 bits per heavy atom. The average Bonchev–Trinajstić information content (AvgIpc) is 2.86. The zero-order chi connectivity index (χ0) is 9.80. The molecule has 0 unspecified atom stereocenters. The van der Waals surface area contributed by atoms with Crippen LogP contribution in [-0.2, 0) is 0 Å². The van der Waals surface area contributed by atoms with Gasteiger partial charge in [0.2, 0.25) is 5.16 Å². The summed E-state index contributed by atoms with van der Waals surface area (Å²) < 4.78 is 0. The van der Waals surface area contributed by atoms with E-state index in [9.17, 15) is 0 Å². The number of H-pyrrole nitrogens is 1. The molecular formula is C9H9N3S2. The summed E-state index contributed by atoms with van der Waals surface area (Å²) in [7, 11) is 0. The van der Waals surface area contributed by atoms with E-state index in [1.165, 1.54) is 16.6 Å². The van der Waals surface area contributed by atoms with Crippen molar-refractivity contribution in [3.8, 4) is 0 Å². The molecule has 0 aliphatic rings. The van der Waals surface area contributed by atoms with Crippen LogP contribution in [0.3, 0.4) is 0 Å². The molecule has 0 aliphatic carbocycles. The van der Waals surface area contributed by atoms with Crippen LogP contribution in [0.2, 0.25) is 0 Å². The Labute approximate surface area is 90.3 Å². The maximum absolute atomic E-state index is 4.24. The highest BCUT2D eigenvalue weighted by atomic mass is 32.2. The first-order chi connectivity index (χ1) is 6.88. The molecule has 0 spiro atoms. The highest BCUT2D eigenvalue weighted by Crippen LogP contribution is 2.13. The van der Waals surface area contributed by atoms with Gasteiger partial charge in [-0.25, -0.2) is 4.98 Å². The number of rotatable bonds is 3. The fraction of sp³-hybridized carbons (Fsp3) is 0.111. The van der Waals surface area contributed by atoms with Gasteiger partial charge >= 0.3 is 0 Å². The van der Waals surface area contributed by atoms with Crippen molar-refractivity contribution < 1.29 is 0 Å². The van der Waals surface area contributed by atoms with E-state index >= 15 is 0 Å². The predicted molar refractivity (Wildman–Crippen MR) is 61.4 cm³/mol. The molecule has 0 aromatic carbocycles. The zero-order valence-electron chi connectivity index (χ0n) is 7.60. The molecule has 2 heterocycles. The van der Waals surface area contributed by atoms with Crippen molar-refractivity contribution in [2.75, 3.05) is 6.26 Å². The quantitative estimate of drug-likeness (QED) is 0.813. The first-order valence-corrected chi connectivity index (χ1v) is 6.17. The monoisotopic (exact) mass is 223 g/mol. The number of nitrogens with one attached hydrogen (secondary N) is 1. The molecule has 0 saturated heterocycles. The minimum absolute atomic E-state index is 0.774. The van der Waals surface area contributed by atoms with Gasteiger partial charge in [0.05, 0.1) is 0 Å². The first kappa shape index (κ1) is 9.48. The summed E-state index contributed by atoms with van der Waals surface area (Å²) in [6.07, 6.45) is 5.91. The second-order valence-corrected chi connectivity index (χ2v) is 4.31. The van der Waals surface area contributed by atoms with Gasteiger partial charge in [-0.15, -0.1) is 16.4 Å². The number of hydrogen-bond acceptors (Lipinski definition) is 4. The Morgan fingerprint density at radius 3 is 3.07 bits per heavy atom. The van der Waals surface area contributed by atoms with Gasteiger partial charge in [-0.05, 0) is 29.9 Å². The van der Waals surface area contributed by atoms with E-state index in [1.807, 2.05) is 29.9 Å². The molecule has 2 aromatic heterocycles. The lowest BCUT2D eigenvalue weighted by molar-refractivity contribution is 0.975.